The molecule has 6 heteroatoms. The maximum Gasteiger partial charge on any atom is 0.167 e. The summed E-state index contributed by atoms with van der Waals surface area (Å²) >= 11 is 4.72. The molecule has 0 amide bonds. The molecule has 0 bridgehead atoms. The van der Waals surface area contributed by atoms with Crippen molar-refractivity contribution in [3.8, 4) is 5.75 Å². The Balaban J connectivity index is 1.89. The molecule has 2 atom stereocenters. The van der Waals surface area contributed by atoms with Gasteiger partial charge in [0, 0.05) is 12.1 Å². The van der Waals surface area contributed by atoms with Crippen LogP contribution in [0.25, 0.3) is 10.2 Å². The second-order valence-corrected chi connectivity index (χ2v) is 7.03. The normalized spacial score (nSPS) is 23.7. The fourth-order valence-electron chi connectivity index (χ4n) is 2.37. The molecule has 3 nitrogen and oxygen atoms in total. The number of hydrogen-bond acceptors (Lipinski definition) is 4. The second-order valence-electron chi connectivity index (χ2n) is 4.73. The minimum absolute atomic E-state index is 0.203. The average Bonchev–Trinajstić information content (AvgIpc) is 2.71. The van der Waals surface area contributed by atoms with Crippen molar-refractivity contribution >= 4 is 37.5 Å². The van der Waals surface area contributed by atoms with Crippen molar-refractivity contribution in [3.05, 3.63) is 21.9 Å². The van der Waals surface area contributed by atoms with Gasteiger partial charge in [0.15, 0.2) is 15.5 Å². The number of aliphatic hydroxyl groups is 1. The van der Waals surface area contributed by atoms with Crippen molar-refractivity contribution in [2.45, 2.75) is 37.9 Å². The Kier molecular flexibility index (Phi) is 3.73. The zero-order valence-corrected chi connectivity index (χ0v) is 12.5. The van der Waals surface area contributed by atoms with E-state index in [4.69, 9.17) is 4.74 Å². The van der Waals surface area contributed by atoms with Crippen molar-refractivity contribution in [3.63, 3.8) is 0 Å². The molecule has 1 fully saturated rings. The lowest BCUT2D eigenvalue weighted by molar-refractivity contribution is 0.00509. The summed E-state index contributed by atoms with van der Waals surface area (Å²) in [5.41, 5.74) is 0.617. The fraction of sp³-hybridized carbons (Fsp3) is 0.462. The number of rotatable bonds is 2. The van der Waals surface area contributed by atoms with E-state index >= 15 is 0 Å². The number of fused-ring (bicyclic) bond motifs is 1. The number of ether oxygens (including phenoxy) is 1. The Bertz CT molecular complexity index is 604. The molecule has 1 aromatic heterocycles. The van der Waals surface area contributed by atoms with Gasteiger partial charge in [-0.15, -0.1) is 11.3 Å². The molecule has 102 valence electrons. The molecule has 0 spiro atoms. The third-order valence-electron chi connectivity index (χ3n) is 3.36. The Hall–Kier alpha value is -0.720. The molecule has 0 radical (unpaired) electrons. The van der Waals surface area contributed by atoms with Crippen molar-refractivity contribution in [1.82, 2.24) is 4.98 Å². The van der Waals surface area contributed by atoms with Crippen LogP contribution in [-0.4, -0.2) is 22.3 Å². The van der Waals surface area contributed by atoms with Crippen LogP contribution in [-0.2, 0) is 0 Å². The topological polar surface area (TPSA) is 42.4 Å². The molecule has 0 saturated heterocycles. The molecule has 1 aromatic carbocycles. The van der Waals surface area contributed by atoms with E-state index < -0.39 is 11.9 Å². The maximum absolute atomic E-state index is 14.0. The summed E-state index contributed by atoms with van der Waals surface area (Å²) in [6.07, 6.45) is 2.70. The molecule has 0 aliphatic heterocycles. The molecule has 1 saturated carbocycles. The number of aromatic nitrogens is 1. The fourth-order valence-corrected chi connectivity index (χ4v) is 3.78. The van der Waals surface area contributed by atoms with Gasteiger partial charge in [0.05, 0.1) is 16.3 Å². The van der Waals surface area contributed by atoms with Gasteiger partial charge in [0.25, 0.3) is 0 Å². The van der Waals surface area contributed by atoms with E-state index in [0.29, 0.717) is 5.52 Å². The van der Waals surface area contributed by atoms with Gasteiger partial charge in [-0.2, -0.15) is 0 Å². The van der Waals surface area contributed by atoms with Gasteiger partial charge in [0.1, 0.15) is 6.10 Å². The zero-order chi connectivity index (χ0) is 13.4. The standard InChI is InChI=1S/C13H13BrFNO2S/c14-13-16-8-5-7(15)11(6-12(8)19-13)18-10-4-2-1-3-9(10)17/h5-6,9-10,17H,1-4H2/t9-,10-/m1/s1. The summed E-state index contributed by atoms with van der Waals surface area (Å²) < 4.78 is 21.2. The molecule has 19 heavy (non-hydrogen) atoms. The summed E-state index contributed by atoms with van der Waals surface area (Å²) in [5, 5.41) is 9.87. The van der Waals surface area contributed by atoms with Crippen LogP contribution in [0.3, 0.4) is 0 Å². The van der Waals surface area contributed by atoms with Crippen LogP contribution in [0.5, 0.6) is 5.75 Å². The summed E-state index contributed by atoms with van der Waals surface area (Å²) in [6.45, 7) is 0. The number of hydrogen-bond donors (Lipinski definition) is 1. The van der Waals surface area contributed by atoms with E-state index in [2.05, 4.69) is 20.9 Å². The third-order valence-corrected chi connectivity index (χ3v) is 4.83. The number of aliphatic hydroxyl groups excluding tert-OH is 1. The van der Waals surface area contributed by atoms with Crippen LogP contribution in [0.15, 0.2) is 16.0 Å². The van der Waals surface area contributed by atoms with Crippen molar-refractivity contribution < 1.29 is 14.2 Å². The molecule has 3 rings (SSSR count). The van der Waals surface area contributed by atoms with Crippen LogP contribution in [0.2, 0.25) is 0 Å². The quantitative estimate of drug-likeness (QED) is 0.897. The van der Waals surface area contributed by atoms with Crippen molar-refractivity contribution in [1.29, 1.82) is 0 Å². The number of nitrogens with zero attached hydrogens (tertiary/aromatic N) is 1. The largest absolute Gasteiger partial charge is 0.485 e. The van der Waals surface area contributed by atoms with Crippen LogP contribution in [0, 0.1) is 5.82 Å². The van der Waals surface area contributed by atoms with Gasteiger partial charge in [-0.05, 0) is 35.2 Å². The van der Waals surface area contributed by atoms with Crippen LogP contribution in [0.4, 0.5) is 4.39 Å². The first-order valence-electron chi connectivity index (χ1n) is 6.24. The van der Waals surface area contributed by atoms with E-state index in [9.17, 15) is 9.50 Å². The highest BCUT2D eigenvalue weighted by atomic mass is 79.9. The summed E-state index contributed by atoms with van der Waals surface area (Å²) in [4.78, 5) is 4.17. The minimum Gasteiger partial charge on any atom is -0.485 e. The average molecular weight is 346 g/mol. The Labute approximate surface area is 122 Å². The highest BCUT2D eigenvalue weighted by Crippen LogP contribution is 2.33. The Morgan fingerprint density at radius 2 is 2.16 bits per heavy atom. The molecule has 2 aromatic rings. The summed E-state index contributed by atoms with van der Waals surface area (Å²) in [7, 11) is 0. The predicted octanol–water partition coefficient (Wildman–Crippen LogP) is 3.88. The molecular formula is C13H13BrFNO2S. The van der Waals surface area contributed by atoms with Gasteiger partial charge in [0.2, 0.25) is 0 Å². The lowest BCUT2D eigenvalue weighted by Crippen LogP contribution is -2.34. The SMILES string of the molecule is O[C@@H]1CCCC[C@H]1Oc1cc2sc(Br)nc2cc1F. The first-order valence-corrected chi connectivity index (χ1v) is 7.85. The number of thiazole rings is 1. The van der Waals surface area contributed by atoms with Crippen LogP contribution in [0.1, 0.15) is 25.7 Å². The minimum atomic E-state index is -0.503. The first-order chi connectivity index (χ1) is 9.13. The van der Waals surface area contributed by atoms with Gasteiger partial charge in [-0.3, -0.25) is 0 Å². The highest BCUT2D eigenvalue weighted by molar-refractivity contribution is 9.11. The van der Waals surface area contributed by atoms with E-state index in [1.807, 2.05) is 0 Å². The summed E-state index contributed by atoms with van der Waals surface area (Å²) in [6, 6.07) is 3.04. The van der Waals surface area contributed by atoms with Gasteiger partial charge >= 0.3 is 0 Å². The molecule has 1 heterocycles. The van der Waals surface area contributed by atoms with Gasteiger partial charge in [-0.1, -0.05) is 6.42 Å². The van der Waals surface area contributed by atoms with Crippen molar-refractivity contribution in [2.75, 3.05) is 0 Å². The first kappa shape index (κ1) is 13.3. The smallest absolute Gasteiger partial charge is 0.167 e. The third kappa shape index (κ3) is 2.75. The highest BCUT2D eigenvalue weighted by Gasteiger charge is 2.25. The lowest BCUT2D eigenvalue weighted by atomic mass is 9.95. The van der Waals surface area contributed by atoms with Gasteiger partial charge in [-0.25, -0.2) is 9.37 Å². The van der Waals surface area contributed by atoms with E-state index in [1.165, 1.54) is 17.4 Å². The lowest BCUT2D eigenvalue weighted by Gasteiger charge is -2.28. The molecule has 1 aliphatic carbocycles. The maximum atomic E-state index is 14.0. The van der Waals surface area contributed by atoms with E-state index in [-0.39, 0.29) is 11.9 Å². The van der Waals surface area contributed by atoms with Crippen LogP contribution >= 0.6 is 27.3 Å². The number of benzene rings is 1. The molecular weight excluding hydrogens is 333 g/mol. The number of halogens is 2. The Morgan fingerprint density at radius 1 is 1.37 bits per heavy atom. The molecule has 1 aliphatic rings. The zero-order valence-electron chi connectivity index (χ0n) is 10.1. The molecule has 0 unspecified atom stereocenters. The monoisotopic (exact) mass is 345 g/mol. The Morgan fingerprint density at radius 3 is 2.95 bits per heavy atom. The second kappa shape index (κ2) is 5.34. The van der Waals surface area contributed by atoms with E-state index in [1.54, 1.807) is 6.07 Å². The van der Waals surface area contributed by atoms with Crippen molar-refractivity contribution in [2.24, 2.45) is 0 Å². The summed E-state index contributed by atoms with van der Waals surface area (Å²) in [5.74, 6) is -0.224. The predicted molar refractivity (Wildman–Crippen MR) is 76.2 cm³/mol. The van der Waals surface area contributed by atoms with Crippen LogP contribution < -0.4 is 4.74 Å². The molecule has 1 N–H and O–H groups in total. The van der Waals surface area contributed by atoms with Gasteiger partial charge < -0.3 is 9.84 Å². The van der Waals surface area contributed by atoms with E-state index in [0.717, 1.165) is 34.3 Å².